The quantitative estimate of drug-likeness (QED) is 0.281. The number of oxazole rings is 1. The average Bonchev–Trinajstić information content (AvgIpc) is 3.31. The van der Waals surface area contributed by atoms with Gasteiger partial charge in [0, 0.05) is 11.8 Å². The fourth-order valence-corrected chi connectivity index (χ4v) is 4.15. The van der Waals surface area contributed by atoms with E-state index >= 15 is 0 Å². The average molecular weight is 499 g/mol. The van der Waals surface area contributed by atoms with Gasteiger partial charge in [0.15, 0.2) is 16.3 Å². The third-order valence-corrected chi connectivity index (χ3v) is 5.92. The first kappa shape index (κ1) is 22.7. The van der Waals surface area contributed by atoms with Gasteiger partial charge in [-0.05, 0) is 53.7 Å². The second kappa shape index (κ2) is 10.0. The molecule has 1 amide bonds. The molecule has 0 spiro atoms. The van der Waals surface area contributed by atoms with E-state index < -0.39 is 5.92 Å². The van der Waals surface area contributed by atoms with E-state index in [9.17, 15) is 4.79 Å². The molecule has 5 rings (SSSR count). The van der Waals surface area contributed by atoms with E-state index in [0.717, 1.165) is 11.1 Å². The minimum Gasteiger partial charge on any atom is -0.434 e. The smallest absolute Gasteiger partial charge is 0.238 e. The molecule has 0 aliphatic carbocycles. The van der Waals surface area contributed by atoms with Gasteiger partial charge in [-0.2, -0.15) is 4.98 Å². The minimum atomic E-state index is -0.522. The molecule has 6 nitrogen and oxygen atoms in total. The summed E-state index contributed by atoms with van der Waals surface area (Å²) in [5, 5.41) is 6.39. The van der Waals surface area contributed by atoms with E-state index in [1.807, 2.05) is 60.7 Å². The van der Waals surface area contributed by atoms with E-state index in [-0.39, 0.29) is 11.0 Å². The molecule has 5 aromatic rings. The number of carbonyl (C=O) groups is 1. The molecule has 0 fully saturated rings. The van der Waals surface area contributed by atoms with Gasteiger partial charge in [0.2, 0.25) is 11.8 Å². The third-order valence-electron chi connectivity index (χ3n) is 5.39. The Morgan fingerprint density at radius 1 is 0.914 bits per heavy atom. The Hall–Kier alpha value is -4.07. The number of pyridine rings is 1. The number of hydrogen-bond acceptors (Lipinski definition) is 5. The van der Waals surface area contributed by atoms with E-state index in [2.05, 4.69) is 20.6 Å². The first-order valence-electron chi connectivity index (χ1n) is 10.8. The minimum absolute atomic E-state index is 0.130. The predicted molar refractivity (Wildman–Crippen MR) is 141 cm³/mol. The van der Waals surface area contributed by atoms with Gasteiger partial charge in [-0.25, -0.2) is 4.98 Å². The molecule has 2 heterocycles. The van der Waals surface area contributed by atoms with Crippen molar-refractivity contribution in [3.8, 4) is 11.5 Å². The highest BCUT2D eigenvalue weighted by Gasteiger charge is 2.23. The maximum atomic E-state index is 13.3. The number of halogens is 1. The highest BCUT2D eigenvalue weighted by atomic mass is 35.5. The summed E-state index contributed by atoms with van der Waals surface area (Å²) in [5.74, 6) is -0.370. The number of anilines is 1. The molecule has 0 saturated heterocycles. The Morgan fingerprint density at radius 2 is 1.60 bits per heavy atom. The lowest BCUT2D eigenvalue weighted by atomic mass is 9.90. The maximum absolute atomic E-state index is 13.3. The molecule has 8 heteroatoms. The van der Waals surface area contributed by atoms with Crippen LogP contribution in [0, 0.1) is 0 Å². The summed E-state index contributed by atoms with van der Waals surface area (Å²) in [5.41, 5.74) is 4.04. The number of hydrogen-bond donors (Lipinski definition) is 2. The number of fused-ring (bicyclic) bond motifs is 1. The molecule has 0 atom stereocenters. The van der Waals surface area contributed by atoms with Gasteiger partial charge >= 0.3 is 0 Å². The van der Waals surface area contributed by atoms with Crippen LogP contribution in [0.15, 0.2) is 102 Å². The van der Waals surface area contributed by atoms with Crippen LogP contribution in [0.4, 0.5) is 5.69 Å². The van der Waals surface area contributed by atoms with E-state index in [1.165, 1.54) is 0 Å². The van der Waals surface area contributed by atoms with Crippen molar-refractivity contribution in [3.63, 3.8) is 0 Å². The molecule has 3 aromatic carbocycles. The van der Waals surface area contributed by atoms with Crippen LogP contribution in [0.5, 0.6) is 0 Å². The Labute approximate surface area is 212 Å². The van der Waals surface area contributed by atoms with Gasteiger partial charge < -0.3 is 15.1 Å². The standard InChI is InChI=1S/C27H19ClN4O2S/c28-20-14-13-19(26-31-24-22(34-26)12-7-15-29-24)16-21(20)30-27(35)32-25(33)23(17-8-3-1-4-9-17)18-10-5-2-6-11-18/h1-16,23H,(H2,30,32,33,35). The van der Waals surface area contributed by atoms with Crippen molar-refractivity contribution in [2.45, 2.75) is 5.92 Å². The molecule has 0 bridgehead atoms. The number of thiocarbonyl (C=S) groups is 1. The molecule has 0 aliphatic rings. The van der Waals surface area contributed by atoms with Gasteiger partial charge in [0.25, 0.3) is 0 Å². The Morgan fingerprint density at radius 3 is 2.26 bits per heavy atom. The first-order chi connectivity index (χ1) is 17.1. The van der Waals surface area contributed by atoms with Gasteiger partial charge in [-0.15, -0.1) is 0 Å². The lowest BCUT2D eigenvalue weighted by molar-refractivity contribution is -0.120. The number of carbonyl (C=O) groups excluding carboxylic acids is 1. The third kappa shape index (κ3) is 5.06. The fraction of sp³-hybridized carbons (Fsp3) is 0.0370. The van der Waals surface area contributed by atoms with Crippen LogP contribution in [-0.4, -0.2) is 21.0 Å². The number of nitrogens with one attached hydrogen (secondary N) is 2. The zero-order valence-corrected chi connectivity index (χ0v) is 19.9. The largest absolute Gasteiger partial charge is 0.434 e. The van der Waals surface area contributed by atoms with Crippen molar-refractivity contribution in [2.75, 3.05) is 5.32 Å². The highest BCUT2D eigenvalue weighted by molar-refractivity contribution is 7.80. The molecule has 172 valence electrons. The summed E-state index contributed by atoms with van der Waals surface area (Å²) in [6.07, 6.45) is 1.66. The van der Waals surface area contributed by atoms with Gasteiger partial charge in [0.1, 0.15) is 0 Å². The van der Waals surface area contributed by atoms with Crippen LogP contribution in [-0.2, 0) is 4.79 Å². The van der Waals surface area contributed by atoms with E-state index in [4.69, 9.17) is 28.2 Å². The topological polar surface area (TPSA) is 80.0 Å². The summed E-state index contributed by atoms with van der Waals surface area (Å²) < 4.78 is 5.80. The Bertz CT molecular complexity index is 1430. The summed E-state index contributed by atoms with van der Waals surface area (Å²) >= 11 is 11.9. The van der Waals surface area contributed by atoms with Crippen LogP contribution in [0.1, 0.15) is 17.0 Å². The monoisotopic (exact) mass is 498 g/mol. The zero-order valence-electron chi connectivity index (χ0n) is 18.3. The number of rotatable bonds is 5. The summed E-state index contributed by atoms with van der Waals surface area (Å²) in [6.45, 7) is 0. The second-order valence-electron chi connectivity index (χ2n) is 7.74. The Kier molecular flexibility index (Phi) is 6.52. The lowest BCUT2D eigenvalue weighted by Crippen LogP contribution is -2.38. The highest BCUT2D eigenvalue weighted by Crippen LogP contribution is 2.30. The number of amides is 1. The van der Waals surface area contributed by atoms with Crippen LogP contribution in [0.25, 0.3) is 22.7 Å². The number of benzene rings is 3. The summed E-state index contributed by atoms with van der Waals surface area (Å²) in [4.78, 5) is 21.9. The van der Waals surface area contributed by atoms with Crippen molar-refractivity contribution >= 4 is 51.8 Å². The molecule has 35 heavy (non-hydrogen) atoms. The van der Waals surface area contributed by atoms with Crippen molar-refractivity contribution in [3.05, 3.63) is 113 Å². The maximum Gasteiger partial charge on any atom is 0.238 e. The number of nitrogens with zero attached hydrogens (tertiary/aromatic N) is 2. The van der Waals surface area contributed by atoms with E-state index in [0.29, 0.717) is 33.4 Å². The predicted octanol–water partition coefficient (Wildman–Crippen LogP) is 6.19. The Balaban J connectivity index is 1.36. The summed E-state index contributed by atoms with van der Waals surface area (Å²) in [7, 11) is 0. The lowest BCUT2D eigenvalue weighted by Gasteiger charge is -2.19. The van der Waals surface area contributed by atoms with Crippen LogP contribution in [0.3, 0.4) is 0 Å². The first-order valence-corrected chi connectivity index (χ1v) is 11.6. The van der Waals surface area contributed by atoms with Crippen molar-refractivity contribution in [2.24, 2.45) is 0 Å². The van der Waals surface area contributed by atoms with E-state index in [1.54, 1.807) is 36.5 Å². The fourth-order valence-electron chi connectivity index (χ4n) is 3.77. The molecule has 2 N–H and O–H groups in total. The molecular formula is C27H19ClN4O2S. The molecule has 0 saturated carbocycles. The molecule has 0 unspecified atom stereocenters. The van der Waals surface area contributed by atoms with Crippen LogP contribution in [0.2, 0.25) is 5.02 Å². The van der Waals surface area contributed by atoms with Crippen molar-refractivity contribution in [1.29, 1.82) is 0 Å². The SMILES string of the molecule is O=C(NC(=S)Nc1cc(-c2nc3ncccc3o2)ccc1Cl)C(c1ccccc1)c1ccccc1. The van der Waals surface area contributed by atoms with Gasteiger partial charge in [-0.3, -0.25) is 4.79 Å². The van der Waals surface area contributed by atoms with Gasteiger partial charge in [0.05, 0.1) is 16.6 Å². The zero-order chi connectivity index (χ0) is 24.2. The summed E-state index contributed by atoms with van der Waals surface area (Å²) in [6, 6.07) is 28.0. The number of aromatic nitrogens is 2. The normalized spacial score (nSPS) is 10.9. The van der Waals surface area contributed by atoms with Crippen LogP contribution < -0.4 is 10.6 Å². The molecule has 0 aliphatic heterocycles. The van der Waals surface area contributed by atoms with Crippen LogP contribution >= 0.6 is 23.8 Å². The molecule has 0 radical (unpaired) electrons. The molecular weight excluding hydrogens is 480 g/mol. The van der Waals surface area contributed by atoms with Crippen molar-refractivity contribution in [1.82, 2.24) is 15.3 Å². The van der Waals surface area contributed by atoms with Crippen molar-refractivity contribution < 1.29 is 9.21 Å². The second-order valence-corrected chi connectivity index (χ2v) is 8.55. The van der Waals surface area contributed by atoms with Gasteiger partial charge in [-0.1, -0.05) is 72.3 Å². The molecule has 2 aromatic heterocycles.